The molecule has 8 heteroatoms. The number of aromatic hydroxyl groups is 1. The second-order valence-corrected chi connectivity index (χ2v) is 9.93. The number of morpholine rings is 1. The molecule has 2 fully saturated rings. The van der Waals surface area contributed by atoms with Gasteiger partial charge in [0.25, 0.3) is 5.56 Å². The summed E-state index contributed by atoms with van der Waals surface area (Å²) in [5.74, 6) is 6.24. The van der Waals surface area contributed by atoms with E-state index in [-0.39, 0.29) is 17.6 Å². The molecule has 3 heterocycles. The summed E-state index contributed by atoms with van der Waals surface area (Å²) in [4.78, 5) is 23.1. The van der Waals surface area contributed by atoms with Gasteiger partial charge in [0.2, 0.25) is 5.75 Å². The zero-order valence-electron chi connectivity index (χ0n) is 21.3. The number of nitrogens with zero attached hydrogens (tertiary/aromatic N) is 4. The number of hydrogen-bond donors (Lipinski definition) is 2. The van der Waals surface area contributed by atoms with E-state index in [0.29, 0.717) is 18.7 Å². The summed E-state index contributed by atoms with van der Waals surface area (Å²) in [5.41, 5.74) is 4.06. The summed E-state index contributed by atoms with van der Waals surface area (Å²) in [7, 11) is 0. The maximum Gasteiger partial charge on any atom is 0.293 e. The van der Waals surface area contributed by atoms with Gasteiger partial charge in [-0.3, -0.25) is 9.69 Å². The van der Waals surface area contributed by atoms with Crippen molar-refractivity contribution in [2.75, 3.05) is 45.9 Å². The van der Waals surface area contributed by atoms with Gasteiger partial charge in [-0.2, -0.15) is 5.26 Å². The molecule has 2 N–H and O–H groups in total. The van der Waals surface area contributed by atoms with E-state index in [0.717, 1.165) is 62.6 Å². The average molecular weight is 510 g/mol. The molecule has 0 spiro atoms. The highest BCUT2D eigenvalue weighted by Crippen LogP contribution is 2.27. The lowest BCUT2D eigenvalue weighted by Crippen LogP contribution is -2.47. The molecule has 0 radical (unpaired) electrons. The zero-order chi connectivity index (χ0) is 26.3. The number of nitrogens with one attached hydrogen (secondary N) is 1. The van der Waals surface area contributed by atoms with Crippen LogP contribution in [0.3, 0.4) is 0 Å². The first-order valence-electron chi connectivity index (χ1n) is 13.0. The molecular formula is C30H31N5O3. The minimum absolute atomic E-state index is 0.0101. The van der Waals surface area contributed by atoms with E-state index in [4.69, 9.17) is 10.00 Å². The molecule has 3 aromatic rings. The summed E-state index contributed by atoms with van der Waals surface area (Å²) in [5, 5.41) is 19.3. The normalized spacial score (nSPS) is 17.1. The average Bonchev–Trinajstić information content (AvgIpc) is 2.92. The summed E-state index contributed by atoms with van der Waals surface area (Å²) < 4.78 is 5.42. The van der Waals surface area contributed by atoms with Gasteiger partial charge >= 0.3 is 0 Å². The molecule has 0 bridgehead atoms. The number of ether oxygens (including phenoxy) is 1. The third kappa shape index (κ3) is 6.48. The van der Waals surface area contributed by atoms with Crippen LogP contribution in [0.1, 0.15) is 33.9 Å². The molecule has 1 aromatic heterocycles. The molecule has 2 aromatic carbocycles. The molecule has 1 atom stereocenters. The Labute approximate surface area is 222 Å². The standard InChI is InChI=1S/C30H31N5O3/c31-16-25-18-35(19-25)20-27(15-28-29(36)30(37)33-21-32-28)26-9-7-23(8-10-26)2-1-22-3-5-24(6-4-22)17-34-11-13-38-14-12-34/h3-10,21,25,27,36H,11-15,17-20H2,(H,32,33,37)/t27-/m0/s1. The number of aromatic amines is 1. The Balaban J connectivity index is 1.26. The highest BCUT2D eigenvalue weighted by atomic mass is 16.5. The summed E-state index contributed by atoms with van der Waals surface area (Å²) in [6.07, 6.45) is 1.74. The van der Waals surface area contributed by atoms with Gasteiger partial charge in [0.1, 0.15) is 0 Å². The van der Waals surface area contributed by atoms with E-state index < -0.39 is 5.56 Å². The number of rotatable bonds is 7. The van der Waals surface area contributed by atoms with Crippen molar-refractivity contribution in [1.29, 1.82) is 5.26 Å². The quantitative estimate of drug-likeness (QED) is 0.472. The van der Waals surface area contributed by atoms with Crippen LogP contribution in [0.2, 0.25) is 0 Å². The van der Waals surface area contributed by atoms with E-state index in [9.17, 15) is 9.90 Å². The molecule has 2 saturated heterocycles. The van der Waals surface area contributed by atoms with Crippen molar-refractivity contribution in [3.05, 3.63) is 93.2 Å². The Morgan fingerprint density at radius 1 is 1.03 bits per heavy atom. The van der Waals surface area contributed by atoms with Gasteiger partial charge in [-0.15, -0.1) is 0 Å². The van der Waals surface area contributed by atoms with Crippen LogP contribution in [-0.4, -0.2) is 70.8 Å². The van der Waals surface area contributed by atoms with Gasteiger partial charge in [0.05, 0.1) is 37.2 Å². The molecule has 2 aliphatic rings. The van der Waals surface area contributed by atoms with E-state index in [2.05, 4.69) is 61.9 Å². The molecule has 8 nitrogen and oxygen atoms in total. The lowest BCUT2D eigenvalue weighted by atomic mass is 9.90. The Hall–Kier alpha value is -3.95. The van der Waals surface area contributed by atoms with Gasteiger partial charge in [0, 0.05) is 62.7 Å². The molecule has 0 saturated carbocycles. The largest absolute Gasteiger partial charge is 0.502 e. The predicted molar refractivity (Wildman–Crippen MR) is 143 cm³/mol. The van der Waals surface area contributed by atoms with Gasteiger partial charge in [-0.05, 0) is 35.4 Å². The lowest BCUT2D eigenvalue weighted by Gasteiger charge is -2.37. The second-order valence-electron chi connectivity index (χ2n) is 9.93. The molecule has 5 rings (SSSR count). The Morgan fingerprint density at radius 2 is 1.68 bits per heavy atom. The summed E-state index contributed by atoms with van der Waals surface area (Å²) >= 11 is 0. The summed E-state index contributed by atoms with van der Waals surface area (Å²) in [6, 6.07) is 18.8. The van der Waals surface area contributed by atoms with Crippen LogP contribution in [0.15, 0.2) is 59.7 Å². The van der Waals surface area contributed by atoms with Crippen molar-refractivity contribution in [3.63, 3.8) is 0 Å². The van der Waals surface area contributed by atoms with Gasteiger partial charge in [-0.1, -0.05) is 36.1 Å². The number of benzene rings is 2. The van der Waals surface area contributed by atoms with Crippen LogP contribution in [0, 0.1) is 29.1 Å². The van der Waals surface area contributed by atoms with Crippen LogP contribution >= 0.6 is 0 Å². The van der Waals surface area contributed by atoms with Crippen LogP contribution in [0.4, 0.5) is 0 Å². The summed E-state index contributed by atoms with van der Waals surface area (Å²) in [6.45, 7) is 6.65. The fraction of sp³-hybridized carbons (Fsp3) is 0.367. The van der Waals surface area contributed by atoms with E-state index >= 15 is 0 Å². The van der Waals surface area contributed by atoms with Gasteiger partial charge < -0.3 is 19.7 Å². The highest BCUT2D eigenvalue weighted by molar-refractivity contribution is 5.44. The molecule has 0 aliphatic carbocycles. The SMILES string of the molecule is N#CC1CN(C[C@H](Cc2nc[nH]c(=O)c2O)c2ccc(C#Cc3ccc(CN4CCOCC4)cc3)cc2)C1. The van der Waals surface area contributed by atoms with Crippen LogP contribution in [0.5, 0.6) is 5.75 Å². The number of nitriles is 1. The van der Waals surface area contributed by atoms with Crippen LogP contribution in [-0.2, 0) is 17.7 Å². The molecule has 38 heavy (non-hydrogen) atoms. The maximum atomic E-state index is 11.9. The molecule has 0 unspecified atom stereocenters. The molecule has 0 amide bonds. The minimum atomic E-state index is -0.540. The number of likely N-dealkylation sites (tertiary alicyclic amines) is 1. The van der Waals surface area contributed by atoms with Crippen molar-refractivity contribution in [2.45, 2.75) is 18.9 Å². The van der Waals surface area contributed by atoms with Crippen LogP contribution in [0.25, 0.3) is 0 Å². The van der Waals surface area contributed by atoms with Crippen molar-refractivity contribution >= 4 is 0 Å². The smallest absolute Gasteiger partial charge is 0.293 e. The first-order chi connectivity index (χ1) is 18.6. The first-order valence-corrected chi connectivity index (χ1v) is 13.0. The third-order valence-electron chi connectivity index (χ3n) is 7.16. The Morgan fingerprint density at radius 3 is 2.34 bits per heavy atom. The topological polar surface area (TPSA) is 105 Å². The maximum absolute atomic E-state index is 11.9. The Bertz CT molecular complexity index is 1390. The van der Waals surface area contributed by atoms with Gasteiger partial charge in [0.15, 0.2) is 0 Å². The minimum Gasteiger partial charge on any atom is -0.502 e. The molecule has 194 valence electrons. The third-order valence-corrected chi connectivity index (χ3v) is 7.16. The number of H-pyrrole nitrogens is 1. The first kappa shape index (κ1) is 25.7. The number of aromatic nitrogens is 2. The predicted octanol–water partition coefficient (Wildman–Crippen LogP) is 2.49. The lowest BCUT2D eigenvalue weighted by molar-refractivity contribution is 0.0342. The van der Waals surface area contributed by atoms with Gasteiger partial charge in [-0.25, -0.2) is 4.98 Å². The molecular weight excluding hydrogens is 478 g/mol. The van der Waals surface area contributed by atoms with Crippen molar-refractivity contribution in [2.24, 2.45) is 5.92 Å². The second kappa shape index (κ2) is 12.1. The van der Waals surface area contributed by atoms with E-state index in [1.807, 2.05) is 24.3 Å². The van der Waals surface area contributed by atoms with Crippen molar-refractivity contribution in [1.82, 2.24) is 19.8 Å². The van der Waals surface area contributed by atoms with Crippen molar-refractivity contribution < 1.29 is 9.84 Å². The molecule has 2 aliphatic heterocycles. The Kier molecular flexibility index (Phi) is 8.15. The van der Waals surface area contributed by atoms with E-state index in [1.54, 1.807) is 0 Å². The van der Waals surface area contributed by atoms with Crippen molar-refractivity contribution in [3.8, 4) is 23.7 Å². The fourth-order valence-electron chi connectivity index (χ4n) is 4.91. The zero-order valence-corrected chi connectivity index (χ0v) is 21.3. The highest BCUT2D eigenvalue weighted by Gasteiger charge is 2.29. The van der Waals surface area contributed by atoms with Crippen LogP contribution < -0.4 is 5.56 Å². The number of hydrogen-bond acceptors (Lipinski definition) is 7. The van der Waals surface area contributed by atoms with E-state index in [1.165, 1.54) is 11.9 Å². The monoisotopic (exact) mass is 509 g/mol. The fourth-order valence-corrected chi connectivity index (χ4v) is 4.91.